The van der Waals surface area contributed by atoms with Crippen molar-refractivity contribution in [3.8, 4) is 0 Å². The normalized spacial score (nSPS) is 17.2. The van der Waals surface area contributed by atoms with Crippen LogP contribution in [0, 0.1) is 11.7 Å². The number of benzene rings is 1. The molecule has 124 valence electrons. The molecule has 1 fully saturated rings. The molecule has 0 aliphatic carbocycles. The van der Waals surface area contributed by atoms with Crippen molar-refractivity contribution in [3.05, 3.63) is 59.1 Å². The van der Waals surface area contributed by atoms with E-state index in [1.807, 2.05) is 6.07 Å². The molecule has 2 amide bonds. The van der Waals surface area contributed by atoms with Crippen LogP contribution in [0.1, 0.15) is 12.0 Å². The van der Waals surface area contributed by atoms with Crippen LogP contribution < -0.4 is 10.2 Å². The number of pyridine rings is 1. The van der Waals surface area contributed by atoms with Crippen molar-refractivity contribution in [2.24, 2.45) is 5.92 Å². The van der Waals surface area contributed by atoms with E-state index < -0.39 is 17.6 Å². The SMILES string of the molecule is O=C(NCc1cccnc1)C1CCN(c2ccc(Cl)cc2F)C1=O. The Morgan fingerprint density at radius 3 is 2.96 bits per heavy atom. The van der Waals surface area contributed by atoms with E-state index in [4.69, 9.17) is 11.6 Å². The summed E-state index contributed by atoms with van der Waals surface area (Å²) in [6, 6.07) is 7.72. The molecule has 2 aromatic rings. The largest absolute Gasteiger partial charge is 0.351 e. The monoisotopic (exact) mass is 347 g/mol. The minimum Gasteiger partial charge on any atom is -0.351 e. The molecule has 1 atom stereocenters. The summed E-state index contributed by atoms with van der Waals surface area (Å²) in [5.74, 6) is -2.15. The maximum absolute atomic E-state index is 14.0. The molecule has 0 bridgehead atoms. The van der Waals surface area contributed by atoms with Gasteiger partial charge in [0.25, 0.3) is 0 Å². The zero-order valence-corrected chi connectivity index (χ0v) is 13.5. The molecular weight excluding hydrogens is 333 g/mol. The summed E-state index contributed by atoms with van der Waals surface area (Å²) in [4.78, 5) is 30.0. The highest BCUT2D eigenvalue weighted by Gasteiger charge is 2.38. The summed E-state index contributed by atoms with van der Waals surface area (Å²) in [7, 11) is 0. The first-order valence-electron chi connectivity index (χ1n) is 7.49. The molecule has 0 radical (unpaired) electrons. The van der Waals surface area contributed by atoms with E-state index in [1.165, 1.54) is 17.0 Å². The predicted octanol–water partition coefficient (Wildman–Crippen LogP) is 2.54. The summed E-state index contributed by atoms with van der Waals surface area (Å²) in [5.41, 5.74) is 0.990. The Morgan fingerprint density at radius 2 is 2.25 bits per heavy atom. The van der Waals surface area contributed by atoms with E-state index in [2.05, 4.69) is 10.3 Å². The zero-order chi connectivity index (χ0) is 17.1. The van der Waals surface area contributed by atoms with Crippen molar-refractivity contribution < 1.29 is 14.0 Å². The van der Waals surface area contributed by atoms with Crippen LogP contribution in [0.5, 0.6) is 0 Å². The van der Waals surface area contributed by atoms with Gasteiger partial charge in [0.15, 0.2) is 0 Å². The number of nitrogens with zero attached hydrogens (tertiary/aromatic N) is 2. The molecule has 1 saturated heterocycles. The molecule has 1 aliphatic rings. The van der Waals surface area contributed by atoms with Gasteiger partial charge in [0.05, 0.1) is 5.69 Å². The summed E-state index contributed by atoms with van der Waals surface area (Å²) < 4.78 is 14.0. The number of carbonyl (C=O) groups excluding carboxylic acids is 2. The molecular formula is C17H15ClFN3O2. The van der Waals surface area contributed by atoms with Crippen LogP contribution >= 0.6 is 11.6 Å². The smallest absolute Gasteiger partial charge is 0.239 e. The quantitative estimate of drug-likeness (QED) is 0.864. The zero-order valence-electron chi connectivity index (χ0n) is 12.7. The van der Waals surface area contributed by atoms with Crippen molar-refractivity contribution in [2.45, 2.75) is 13.0 Å². The number of anilines is 1. The van der Waals surface area contributed by atoms with Gasteiger partial charge < -0.3 is 10.2 Å². The number of hydrogen-bond acceptors (Lipinski definition) is 3. The van der Waals surface area contributed by atoms with Gasteiger partial charge >= 0.3 is 0 Å². The third-order valence-corrected chi connectivity index (χ3v) is 4.15. The Bertz CT molecular complexity index is 770. The molecule has 0 spiro atoms. The number of aromatic nitrogens is 1. The van der Waals surface area contributed by atoms with Crippen molar-refractivity contribution >= 4 is 29.1 Å². The second-order valence-corrected chi connectivity index (χ2v) is 5.94. The fourth-order valence-corrected chi connectivity index (χ4v) is 2.84. The molecule has 7 heteroatoms. The highest BCUT2D eigenvalue weighted by molar-refractivity contribution is 6.30. The Hall–Kier alpha value is -2.47. The van der Waals surface area contributed by atoms with Gasteiger partial charge in [-0.2, -0.15) is 0 Å². The second kappa shape index (κ2) is 6.97. The van der Waals surface area contributed by atoms with Crippen LogP contribution in [0.4, 0.5) is 10.1 Å². The van der Waals surface area contributed by atoms with E-state index in [9.17, 15) is 14.0 Å². The Labute approximate surface area is 143 Å². The lowest BCUT2D eigenvalue weighted by molar-refractivity contribution is -0.132. The Balaban J connectivity index is 1.66. The Kier molecular flexibility index (Phi) is 4.76. The summed E-state index contributed by atoms with van der Waals surface area (Å²) in [6.45, 7) is 0.591. The third-order valence-electron chi connectivity index (χ3n) is 3.91. The van der Waals surface area contributed by atoms with E-state index in [0.717, 1.165) is 11.6 Å². The lowest BCUT2D eigenvalue weighted by Crippen LogP contribution is -2.36. The molecule has 3 rings (SSSR count). The molecule has 24 heavy (non-hydrogen) atoms. The number of carbonyl (C=O) groups is 2. The van der Waals surface area contributed by atoms with E-state index in [1.54, 1.807) is 18.5 Å². The van der Waals surface area contributed by atoms with E-state index in [0.29, 0.717) is 19.5 Å². The standard InChI is InChI=1S/C17H15ClFN3O2/c18-12-3-4-15(14(19)8-12)22-7-5-13(17(22)24)16(23)21-10-11-2-1-6-20-9-11/h1-4,6,8-9,13H,5,7,10H2,(H,21,23). The topological polar surface area (TPSA) is 62.3 Å². The highest BCUT2D eigenvalue weighted by Crippen LogP contribution is 2.29. The van der Waals surface area contributed by atoms with E-state index in [-0.39, 0.29) is 16.6 Å². The first-order valence-corrected chi connectivity index (χ1v) is 7.87. The maximum Gasteiger partial charge on any atom is 0.239 e. The molecule has 5 nitrogen and oxygen atoms in total. The molecule has 1 N–H and O–H groups in total. The number of hydrogen-bond donors (Lipinski definition) is 1. The molecule has 1 aliphatic heterocycles. The molecule has 0 saturated carbocycles. The van der Waals surface area contributed by atoms with Crippen molar-refractivity contribution in [3.63, 3.8) is 0 Å². The van der Waals surface area contributed by atoms with Gasteiger partial charge in [0.2, 0.25) is 11.8 Å². The average molecular weight is 348 g/mol. The van der Waals surface area contributed by atoms with Crippen molar-refractivity contribution in [1.82, 2.24) is 10.3 Å². The number of amides is 2. The van der Waals surface area contributed by atoms with Crippen LogP contribution in [0.2, 0.25) is 5.02 Å². The van der Waals surface area contributed by atoms with Crippen LogP contribution in [0.3, 0.4) is 0 Å². The number of rotatable bonds is 4. The van der Waals surface area contributed by atoms with Gasteiger partial charge in [0, 0.05) is 30.5 Å². The summed E-state index contributed by atoms with van der Waals surface area (Å²) in [6.07, 6.45) is 3.64. The van der Waals surface area contributed by atoms with Crippen LogP contribution in [0.15, 0.2) is 42.7 Å². The molecule has 1 aromatic carbocycles. The van der Waals surface area contributed by atoms with Gasteiger partial charge in [-0.3, -0.25) is 14.6 Å². The number of nitrogens with one attached hydrogen (secondary N) is 1. The minimum absolute atomic E-state index is 0.145. The van der Waals surface area contributed by atoms with E-state index >= 15 is 0 Å². The number of halogens is 2. The van der Waals surface area contributed by atoms with Gasteiger partial charge in [-0.1, -0.05) is 17.7 Å². The lowest BCUT2D eigenvalue weighted by atomic mass is 10.1. The average Bonchev–Trinajstić information content (AvgIpc) is 2.95. The van der Waals surface area contributed by atoms with Gasteiger partial charge in [-0.15, -0.1) is 0 Å². The summed E-state index contributed by atoms with van der Waals surface area (Å²) >= 11 is 5.73. The maximum atomic E-state index is 14.0. The molecule has 2 heterocycles. The predicted molar refractivity (Wildman–Crippen MR) is 88.0 cm³/mol. The highest BCUT2D eigenvalue weighted by atomic mass is 35.5. The molecule has 1 aromatic heterocycles. The summed E-state index contributed by atoms with van der Waals surface area (Å²) in [5, 5.41) is 2.98. The molecule has 1 unspecified atom stereocenters. The van der Waals surface area contributed by atoms with Gasteiger partial charge in [-0.25, -0.2) is 4.39 Å². The van der Waals surface area contributed by atoms with Crippen LogP contribution in [0.25, 0.3) is 0 Å². The Morgan fingerprint density at radius 1 is 1.42 bits per heavy atom. The van der Waals surface area contributed by atoms with Gasteiger partial charge in [0.1, 0.15) is 11.7 Å². The van der Waals surface area contributed by atoms with Gasteiger partial charge in [-0.05, 0) is 36.2 Å². The second-order valence-electron chi connectivity index (χ2n) is 5.51. The first-order chi connectivity index (χ1) is 11.6. The van der Waals surface area contributed by atoms with Crippen molar-refractivity contribution in [2.75, 3.05) is 11.4 Å². The third kappa shape index (κ3) is 3.38. The fourth-order valence-electron chi connectivity index (χ4n) is 2.68. The van der Waals surface area contributed by atoms with Crippen LogP contribution in [-0.4, -0.2) is 23.3 Å². The first kappa shape index (κ1) is 16.4. The van der Waals surface area contributed by atoms with Crippen molar-refractivity contribution in [1.29, 1.82) is 0 Å². The minimum atomic E-state index is -0.809. The fraction of sp³-hybridized carbons (Fsp3) is 0.235. The lowest BCUT2D eigenvalue weighted by Gasteiger charge is -2.17. The van der Waals surface area contributed by atoms with Crippen LogP contribution in [-0.2, 0) is 16.1 Å².